The van der Waals surface area contributed by atoms with Crippen LogP contribution in [0.1, 0.15) is 12.5 Å². The number of ether oxygens (including phenoxy) is 3. The number of imidazole rings is 1. The monoisotopic (exact) mass is 643 g/mol. The number of benzene rings is 1. The zero-order chi connectivity index (χ0) is 31.9. The smallest absolute Gasteiger partial charge is 0.229 e. The van der Waals surface area contributed by atoms with Crippen molar-refractivity contribution in [1.82, 2.24) is 19.6 Å². The second kappa shape index (κ2) is 12.2. The predicted molar refractivity (Wildman–Crippen MR) is 164 cm³/mol. The normalized spacial score (nSPS) is 21.6. The summed E-state index contributed by atoms with van der Waals surface area (Å²) in [5, 5.41) is 7.81. The van der Waals surface area contributed by atoms with Gasteiger partial charge >= 0.3 is 0 Å². The predicted octanol–water partition coefficient (Wildman–Crippen LogP) is 2.90. The number of nitrogens with one attached hydrogen (secondary N) is 1. The molecule has 0 bridgehead atoms. The van der Waals surface area contributed by atoms with Gasteiger partial charge in [-0.1, -0.05) is 6.92 Å². The standard InChI is InChI=1S/C30H35F2N7O5S/c1-18-14-38(15-23(33)28(18)44-8-9-45(3,40)41)26-6-7-34-13-25(26)36-29-35-12-20-4-5-24(37-39(20)29)27-21(31)10-19(11-22(27)32)30(42-2)16-43-17-30/h4-7,10-13,18,23,28H,8-9,14-17,33H2,1-3H3,(H,35,36)/t18-,23+,28-/m0/s1. The van der Waals surface area contributed by atoms with Crippen LogP contribution in [0, 0.1) is 17.6 Å². The molecule has 4 aromatic rings. The van der Waals surface area contributed by atoms with E-state index in [1.807, 2.05) is 13.0 Å². The second-order valence-corrected chi connectivity index (χ2v) is 13.9. The van der Waals surface area contributed by atoms with Crippen LogP contribution in [0.2, 0.25) is 0 Å². The number of hydrogen-bond donors (Lipinski definition) is 2. The summed E-state index contributed by atoms with van der Waals surface area (Å²) >= 11 is 0. The summed E-state index contributed by atoms with van der Waals surface area (Å²) in [6, 6.07) is 7.24. The molecule has 45 heavy (non-hydrogen) atoms. The van der Waals surface area contributed by atoms with Crippen molar-refractivity contribution >= 4 is 32.7 Å². The van der Waals surface area contributed by atoms with E-state index in [4.69, 9.17) is 19.9 Å². The highest BCUT2D eigenvalue weighted by Gasteiger charge is 2.42. The van der Waals surface area contributed by atoms with Crippen molar-refractivity contribution < 1.29 is 31.4 Å². The Morgan fingerprint density at radius 1 is 1.16 bits per heavy atom. The minimum atomic E-state index is -3.14. The number of sulfone groups is 1. The Morgan fingerprint density at radius 3 is 2.56 bits per heavy atom. The third-order valence-electron chi connectivity index (χ3n) is 8.34. The number of hydrogen-bond acceptors (Lipinski definition) is 11. The molecule has 0 radical (unpaired) electrons. The molecular formula is C30H35F2N7O5S. The van der Waals surface area contributed by atoms with Gasteiger partial charge < -0.3 is 30.2 Å². The van der Waals surface area contributed by atoms with Gasteiger partial charge in [0.05, 0.1) is 72.2 Å². The molecule has 2 saturated heterocycles. The van der Waals surface area contributed by atoms with E-state index in [1.54, 1.807) is 30.7 Å². The molecule has 0 aliphatic carbocycles. The molecule has 0 spiro atoms. The lowest BCUT2D eigenvalue weighted by atomic mass is 9.90. The lowest BCUT2D eigenvalue weighted by Crippen LogP contribution is -2.57. The molecule has 1 aromatic carbocycles. The molecule has 3 N–H and O–H groups in total. The Hall–Kier alpha value is -3.76. The maximum Gasteiger partial charge on any atom is 0.229 e. The number of halogens is 2. The summed E-state index contributed by atoms with van der Waals surface area (Å²) in [7, 11) is -1.66. The van der Waals surface area contributed by atoms with Crippen LogP contribution in [0.25, 0.3) is 16.8 Å². The lowest BCUT2D eigenvalue weighted by molar-refractivity contribution is -0.202. The Balaban J connectivity index is 1.24. The van der Waals surface area contributed by atoms with E-state index in [1.165, 1.54) is 30.0 Å². The maximum absolute atomic E-state index is 15.4. The van der Waals surface area contributed by atoms with Crippen molar-refractivity contribution in [1.29, 1.82) is 0 Å². The van der Waals surface area contributed by atoms with E-state index in [-0.39, 0.29) is 54.9 Å². The molecule has 2 aliphatic heterocycles. The maximum atomic E-state index is 15.4. The molecule has 240 valence electrons. The van der Waals surface area contributed by atoms with Gasteiger partial charge in [0.15, 0.2) is 0 Å². The Bertz CT molecular complexity index is 1780. The Morgan fingerprint density at radius 2 is 1.91 bits per heavy atom. The van der Waals surface area contributed by atoms with Crippen LogP contribution in [-0.4, -0.2) is 92.2 Å². The van der Waals surface area contributed by atoms with Crippen LogP contribution in [0.3, 0.4) is 0 Å². The van der Waals surface area contributed by atoms with Gasteiger partial charge in [-0.3, -0.25) is 4.98 Å². The third-order valence-corrected chi connectivity index (χ3v) is 9.25. The highest BCUT2D eigenvalue weighted by Crippen LogP contribution is 2.37. The minimum absolute atomic E-state index is 0.0116. The van der Waals surface area contributed by atoms with Crippen LogP contribution in [0.5, 0.6) is 0 Å². The van der Waals surface area contributed by atoms with E-state index >= 15 is 8.78 Å². The highest BCUT2D eigenvalue weighted by atomic mass is 32.2. The molecule has 0 saturated carbocycles. The SMILES string of the molecule is COC1(c2cc(F)c(-c3ccc4cnc(Nc5cnccc5N5C[C@@H](N)[C@@H](OCCS(C)(=O)=O)[C@@H](C)C5)n4n3)c(F)c2)COC1. The fourth-order valence-corrected chi connectivity index (χ4v) is 6.28. The van der Waals surface area contributed by atoms with Crippen molar-refractivity contribution in [3.05, 3.63) is 66.1 Å². The summed E-state index contributed by atoms with van der Waals surface area (Å²) in [4.78, 5) is 10.8. The number of nitrogens with zero attached hydrogens (tertiary/aromatic N) is 5. The number of piperidine rings is 1. The molecule has 15 heteroatoms. The van der Waals surface area contributed by atoms with Crippen molar-refractivity contribution in [2.24, 2.45) is 11.7 Å². The first kappa shape index (κ1) is 31.2. The number of pyridine rings is 1. The van der Waals surface area contributed by atoms with Crippen molar-refractivity contribution in [2.45, 2.75) is 24.7 Å². The first-order valence-electron chi connectivity index (χ1n) is 14.5. The summed E-state index contributed by atoms with van der Waals surface area (Å²) in [5.74, 6) is -1.26. The quantitative estimate of drug-likeness (QED) is 0.263. The van der Waals surface area contributed by atoms with Crippen LogP contribution >= 0.6 is 0 Å². The van der Waals surface area contributed by atoms with Crippen molar-refractivity contribution in [3.63, 3.8) is 0 Å². The number of methoxy groups -OCH3 is 1. The molecule has 2 aliphatic rings. The minimum Gasteiger partial charge on any atom is -0.375 e. The zero-order valence-corrected chi connectivity index (χ0v) is 25.9. The van der Waals surface area contributed by atoms with E-state index in [0.29, 0.717) is 35.8 Å². The second-order valence-electron chi connectivity index (χ2n) is 11.7. The van der Waals surface area contributed by atoms with Gasteiger partial charge in [-0.05, 0) is 35.9 Å². The summed E-state index contributed by atoms with van der Waals surface area (Å²) in [6.45, 7) is 3.60. The largest absolute Gasteiger partial charge is 0.375 e. The first-order valence-corrected chi connectivity index (χ1v) is 16.5. The fraction of sp³-hybridized carbons (Fsp3) is 0.433. The molecule has 2 fully saturated rings. The molecule has 3 aromatic heterocycles. The topological polar surface area (TPSA) is 146 Å². The van der Waals surface area contributed by atoms with E-state index in [2.05, 4.69) is 25.3 Å². The number of aromatic nitrogens is 4. The third kappa shape index (κ3) is 6.22. The molecule has 0 unspecified atom stereocenters. The van der Waals surface area contributed by atoms with Crippen LogP contribution < -0.4 is 16.0 Å². The van der Waals surface area contributed by atoms with Gasteiger partial charge in [-0.25, -0.2) is 22.2 Å². The van der Waals surface area contributed by atoms with Gasteiger partial charge in [-0.2, -0.15) is 9.61 Å². The molecule has 6 rings (SSSR count). The van der Waals surface area contributed by atoms with E-state index in [9.17, 15) is 8.42 Å². The average Bonchev–Trinajstić information content (AvgIpc) is 3.35. The number of fused-ring (bicyclic) bond motifs is 1. The van der Waals surface area contributed by atoms with Crippen molar-refractivity contribution in [3.8, 4) is 11.3 Å². The lowest BCUT2D eigenvalue weighted by Gasteiger charge is -2.42. The summed E-state index contributed by atoms with van der Waals surface area (Å²) < 4.78 is 71.9. The molecule has 3 atom stereocenters. The number of anilines is 3. The van der Waals surface area contributed by atoms with Crippen molar-refractivity contribution in [2.75, 3.05) is 62.2 Å². The fourth-order valence-electron chi connectivity index (χ4n) is 5.88. The van der Waals surface area contributed by atoms with Gasteiger partial charge in [0, 0.05) is 44.6 Å². The van der Waals surface area contributed by atoms with Gasteiger partial charge in [0.2, 0.25) is 5.95 Å². The Labute approximate surface area is 259 Å². The van der Waals surface area contributed by atoms with Crippen LogP contribution in [0.15, 0.2) is 48.9 Å². The van der Waals surface area contributed by atoms with Gasteiger partial charge in [0.25, 0.3) is 0 Å². The van der Waals surface area contributed by atoms with E-state index in [0.717, 1.165) is 5.69 Å². The molecule has 12 nitrogen and oxygen atoms in total. The highest BCUT2D eigenvalue weighted by molar-refractivity contribution is 7.90. The average molecular weight is 644 g/mol. The van der Waals surface area contributed by atoms with Gasteiger partial charge in [0.1, 0.15) is 27.1 Å². The molecule has 0 amide bonds. The van der Waals surface area contributed by atoms with Crippen LogP contribution in [0.4, 0.5) is 26.1 Å². The number of nitrogens with two attached hydrogens (primary N) is 1. The summed E-state index contributed by atoms with van der Waals surface area (Å²) in [6.07, 6.45) is 5.80. The summed E-state index contributed by atoms with van der Waals surface area (Å²) in [5.41, 5.74) is 7.87. The van der Waals surface area contributed by atoms with Crippen LogP contribution in [-0.2, 0) is 29.6 Å². The molecule has 5 heterocycles. The zero-order valence-electron chi connectivity index (χ0n) is 25.1. The van der Waals surface area contributed by atoms with Gasteiger partial charge in [-0.15, -0.1) is 0 Å². The van der Waals surface area contributed by atoms with E-state index < -0.39 is 27.1 Å². The number of rotatable bonds is 10. The molecular weight excluding hydrogens is 608 g/mol. The Kier molecular flexibility index (Phi) is 8.47. The first-order chi connectivity index (χ1) is 21.5.